The van der Waals surface area contributed by atoms with Crippen molar-refractivity contribution in [1.82, 2.24) is 4.90 Å². The van der Waals surface area contributed by atoms with E-state index in [0.29, 0.717) is 25.9 Å². The highest BCUT2D eigenvalue weighted by Gasteiger charge is 2.55. The van der Waals surface area contributed by atoms with E-state index >= 15 is 0 Å². The Morgan fingerprint density at radius 3 is 2.24 bits per heavy atom. The van der Waals surface area contributed by atoms with Crippen molar-refractivity contribution in [3.05, 3.63) is 35.9 Å². The Labute approximate surface area is 100 Å². The van der Waals surface area contributed by atoms with Gasteiger partial charge in [0.1, 0.15) is 0 Å². The van der Waals surface area contributed by atoms with Gasteiger partial charge in [0.2, 0.25) is 0 Å². The molecule has 1 aromatic rings. The molecule has 1 aliphatic carbocycles. The Bertz CT molecular complexity index is 374. The van der Waals surface area contributed by atoms with Gasteiger partial charge in [-0.3, -0.25) is 4.90 Å². The molecular weight excluding hydrogens is 220 g/mol. The fourth-order valence-electron chi connectivity index (χ4n) is 3.22. The second kappa shape index (κ2) is 4.05. The summed E-state index contributed by atoms with van der Waals surface area (Å²) in [6.07, 6.45) is 1.39. The Morgan fingerprint density at radius 1 is 1.06 bits per heavy atom. The van der Waals surface area contributed by atoms with Crippen LogP contribution in [0.4, 0.5) is 8.78 Å². The van der Waals surface area contributed by atoms with Gasteiger partial charge in [0.15, 0.2) is 0 Å². The highest BCUT2D eigenvalue weighted by molar-refractivity contribution is 5.15. The summed E-state index contributed by atoms with van der Waals surface area (Å²) in [4.78, 5) is 2.19. The number of piperidine rings is 1. The number of rotatable bonds is 2. The molecule has 0 spiro atoms. The molecule has 2 bridgehead atoms. The van der Waals surface area contributed by atoms with Gasteiger partial charge in [0.25, 0.3) is 5.92 Å². The summed E-state index contributed by atoms with van der Waals surface area (Å²) >= 11 is 0. The highest BCUT2D eigenvalue weighted by Crippen LogP contribution is 2.48. The van der Waals surface area contributed by atoms with Crippen LogP contribution >= 0.6 is 0 Å². The molecule has 3 rings (SSSR count). The summed E-state index contributed by atoms with van der Waals surface area (Å²) in [5.74, 6) is -3.23. The van der Waals surface area contributed by atoms with E-state index in [-0.39, 0.29) is 0 Å². The van der Waals surface area contributed by atoms with Crippen molar-refractivity contribution in [3.63, 3.8) is 0 Å². The van der Waals surface area contributed by atoms with Crippen molar-refractivity contribution in [1.29, 1.82) is 0 Å². The van der Waals surface area contributed by atoms with E-state index in [1.54, 1.807) is 0 Å². The molecule has 2 unspecified atom stereocenters. The van der Waals surface area contributed by atoms with E-state index in [1.165, 1.54) is 5.56 Å². The van der Waals surface area contributed by atoms with Crippen LogP contribution in [0.15, 0.2) is 30.3 Å². The lowest BCUT2D eigenvalue weighted by Crippen LogP contribution is -2.48. The van der Waals surface area contributed by atoms with Crippen LogP contribution in [-0.4, -0.2) is 23.9 Å². The van der Waals surface area contributed by atoms with Crippen LogP contribution in [-0.2, 0) is 6.54 Å². The number of hydrogen-bond acceptors (Lipinski definition) is 1. The summed E-state index contributed by atoms with van der Waals surface area (Å²) in [6, 6.07) is 10.1. The average Bonchev–Trinajstić information content (AvgIpc) is 2.53. The van der Waals surface area contributed by atoms with Crippen LogP contribution in [0.3, 0.4) is 0 Å². The average molecular weight is 237 g/mol. The van der Waals surface area contributed by atoms with E-state index in [2.05, 4.69) is 17.0 Å². The first-order valence-electron chi connectivity index (χ1n) is 6.30. The molecule has 1 aromatic carbocycles. The molecule has 1 aliphatic heterocycles. The van der Waals surface area contributed by atoms with Gasteiger partial charge in [0, 0.05) is 31.5 Å². The van der Waals surface area contributed by atoms with Gasteiger partial charge in [-0.1, -0.05) is 30.3 Å². The van der Waals surface area contributed by atoms with E-state index in [9.17, 15) is 8.78 Å². The molecule has 1 heterocycles. The molecule has 1 saturated carbocycles. The normalized spacial score (nSPS) is 31.6. The molecule has 2 atom stereocenters. The maximum atomic E-state index is 13.7. The number of benzene rings is 1. The summed E-state index contributed by atoms with van der Waals surface area (Å²) in [7, 11) is 0. The minimum Gasteiger partial charge on any atom is -0.298 e. The van der Waals surface area contributed by atoms with Crippen molar-refractivity contribution in [2.45, 2.75) is 25.3 Å². The van der Waals surface area contributed by atoms with Crippen molar-refractivity contribution in [2.24, 2.45) is 11.8 Å². The fourth-order valence-corrected chi connectivity index (χ4v) is 3.22. The van der Waals surface area contributed by atoms with Crippen LogP contribution in [0.2, 0.25) is 0 Å². The number of nitrogens with zero attached hydrogens (tertiary/aromatic N) is 1. The quantitative estimate of drug-likeness (QED) is 0.763. The van der Waals surface area contributed by atoms with Gasteiger partial charge in [0.05, 0.1) is 0 Å². The van der Waals surface area contributed by atoms with Gasteiger partial charge in [-0.05, 0) is 18.4 Å². The van der Waals surface area contributed by atoms with Crippen molar-refractivity contribution < 1.29 is 8.78 Å². The van der Waals surface area contributed by atoms with Gasteiger partial charge >= 0.3 is 0 Å². The predicted molar refractivity (Wildman–Crippen MR) is 62.9 cm³/mol. The Morgan fingerprint density at radius 2 is 1.65 bits per heavy atom. The molecular formula is C14H17F2N. The van der Waals surface area contributed by atoms with Gasteiger partial charge in [-0.15, -0.1) is 0 Å². The van der Waals surface area contributed by atoms with E-state index in [4.69, 9.17) is 0 Å². The molecule has 17 heavy (non-hydrogen) atoms. The fraction of sp³-hybridized carbons (Fsp3) is 0.571. The molecule has 0 amide bonds. The molecule has 1 saturated heterocycles. The van der Waals surface area contributed by atoms with E-state index in [1.807, 2.05) is 18.2 Å². The van der Waals surface area contributed by atoms with Crippen LogP contribution in [0.5, 0.6) is 0 Å². The zero-order chi connectivity index (χ0) is 11.9. The SMILES string of the molecule is FC1(F)C2CCC1CN(Cc1ccccc1)C2. The first kappa shape index (κ1) is 11.1. The molecule has 0 N–H and O–H groups in total. The molecule has 0 aromatic heterocycles. The number of halogens is 2. The minimum absolute atomic E-state index is 0.412. The monoisotopic (exact) mass is 237 g/mol. The second-order valence-corrected chi connectivity index (χ2v) is 5.33. The summed E-state index contributed by atoms with van der Waals surface area (Å²) in [5.41, 5.74) is 1.22. The van der Waals surface area contributed by atoms with Crippen molar-refractivity contribution in [2.75, 3.05) is 13.1 Å². The Hall–Kier alpha value is -0.960. The van der Waals surface area contributed by atoms with Crippen molar-refractivity contribution in [3.8, 4) is 0 Å². The topological polar surface area (TPSA) is 3.24 Å². The third-order valence-corrected chi connectivity index (χ3v) is 4.16. The van der Waals surface area contributed by atoms with Crippen LogP contribution in [0.25, 0.3) is 0 Å². The number of hydrogen-bond donors (Lipinski definition) is 0. The van der Waals surface area contributed by atoms with E-state index in [0.717, 1.165) is 6.54 Å². The van der Waals surface area contributed by atoms with Gasteiger partial charge < -0.3 is 0 Å². The zero-order valence-electron chi connectivity index (χ0n) is 9.78. The Balaban J connectivity index is 1.69. The smallest absolute Gasteiger partial charge is 0.256 e. The number of fused-ring (bicyclic) bond motifs is 2. The molecule has 2 fully saturated rings. The summed E-state index contributed by atoms with van der Waals surface area (Å²) < 4.78 is 27.5. The molecule has 3 heteroatoms. The molecule has 2 aliphatic rings. The minimum atomic E-state index is -2.41. The second-order valence-electron chi connectivity index (χ2n) is 5.33. The lowest BCUT2D eigenvalue weighted by molar-refractivity contribution is -0.119. The predicted octanol–water partition coefficient (Wildman–Crippen LogP) is 3.16. The highest BCUT2D eigenvalue weighted by atomic mass is 19.3. The molecule has 0 radical (unpaired) electrons. The van der Waals surface area contributed by atoms with Crippen LogP contribution in [0.1, 0.15) is 18.4 Å². The number of likely N-dealkylation sites (tertiary alicyclic amines) is 1. The first-order chi connectivity index (χ1) is 8.16. The third kappa shape index (κ3) is 1.97. The van der Waals surface area contributed by atoms with Crippen LogP contribution in [0, 0.1) is 11.8 Å². The maximum Gasteiger partial charge on any atom is 0.256 e. The summed E-state index contributed by atoms with van der Waals surface area (Å²) in [6.45, 7) is 1.92. The van der Waals surface area contributed by atoms with Gasteiger partial charge in [-0.25, -0.2) is 8.78 Å². The zero-order valence-corrected chi connectivity index (χ0v) is 9.78. The summed E-state index contributed by atoms with van der Waals surface area (Å²) in [5, 5.41) is 0. The third-order valence-electron chi connectivity index (χ3n) is 4.16. The van der Waals surface area contributed by atoms with E-state index < -0.39 is 17.8 Å². The first-order valence-corrected chi connectivity index (χ1v) is 6.30. The Kier molecular flexibility index (Phi) is 2.66. The maximum absolute atomic E-state index is 13.7. The lowest BCUT2D eigenvalue weighted by Gasteiger charge is -2.37. The standard InChI is InChI=1S/C14H17F2N/c15-14(16)12-6-7-13(14)10-17(9-12)8-11-4-2-1-3-5-11/h1-5,12-13H,6-10H2. The number of alkyl halides is 2. The lowest BCUT2D eigenvalue weighted by atomic mass is 9.93. The molecule has 1 nitrogen and oxygen atoms in total. The van der Waals surface area contributed by atoms with Gasteiger partial charge in [-0.2, -0.15) is 0 Å². The van der Waals surface area contributed by atoms with Crippen molar-refractivity contribution >= 4 is 0 Å². The largest absolute Gasteiger partial charge is 0.298 e. The van der Waals surface area contributed by atoms with Crippen LogP contribution < -0.4 is 0 Å². The molecule has 92 valence electrons.